The average molecular weight is 468 g/mol. The zero-order valence-electron chi connectivity index (χ0n) is 17.8. The summed E-state index contributed by atoms with van der Waals surface area (Å²) in [4.78, 5) is 16.0. The molecule has 0 radical (unpaired) electrons. The topological polar surface area (TPSA) is 107 Å². The van der Waals surface area contributed by atoms with Crippen molar-refractivity contribution in [3.05, 3.63) is 102 Å². The SMILES string of the molecule is C1=Cc2cc3ccc(cc4ccc(cc5nc(cc1n2)C=C5)[nH]4)[nH]3.O=S([O-])Oc1ccccc1. The Kier molecular flexibility index (Phi) is 6.15. The van der Waals surface area contributed by atoms with Crippen LogP contribution in [0.2, 0.25) is 0 Å². The summed E-state index contributed by atoms with van der Waals surface area (Å²) in [6.45, 7) is 0. The molecule has 6 rings (SSSR count). The number of nitrogens with one attached hydrogen (secondary N) is 2. The molecule has 0 amide bonds. The van der Waals surface area contributed by atoms with Gasteiger partial charge in [-0.15, -0.1) is 0 Å². The van der Waals surface area contributed by atoms with Crippen LogP contribution in [0.25, 0.3) is 46.4 Å². The van der Waals surface area contributed by atoms with Gasteiger partial charge < -0.3 is 18.7 Å². The molecule has 0 saturated carbocycles. The first-order valence-electron chi connectivity index (χ1n) is 10.5. The van der Waals surface area contributed by atoms with Gasteiger partial charge in [0.05, 0.1) is 22.8 Å². The second-order valence-corrected chi connectivity index (χ2v) is 8.08. The highest BCUT2D eigenvalue weighted by Gasteiger charge is 2.02. The summed E-state index contributed by atoms with van der Waals surface area (Å²) in [5.74, 6) is 0.329. The van der Waals surface area contributed by atoms with Gasteiger partial charge in [0.15, 0.2) is 0 Å². The minimum atomic E-state index is -2.47. The van der Waals surface area contributed by atoms with Gasteiger partial charge in [0, 0.05) is 22.1 Å². The summed E-state index contributed by atoms with van der Waals surface area (Å²) in [5, 5.41) is 0. The second kappa shape index (κ2) is 9.70. The number of aromatic nitrogens is 4. The van der Waals surface area contributed by atoms with Crippen LogP contribution in [0.5, 0.6) is 5.75 Å². The lowest BCUT2D eigenvalue weighted by Crippen LogP contribution is -1.96. The number of rotatable bonds is 2. The van der Waals surface area contributed by atoms with Crippen molar-refractivity contribution in [2.75, 3.05) is 0 Å². The largest absolute Gasteiger partial charge is 0.740 e. The van der Waals surface area contributed by atoms with Crippen LogP contribution in [0, 0.1) is 0 Å². The van der Waals surface area contributed by atoms with Gasteiger partial charge in [0.1, 0.15) is 17.1 Å². The predicted octanol–water partition coefficient (Wildman–Crippen LogP) is 5.52. The predicted molar refractivity (Wildman–Crippen MR) is 135 cm³/mol. The Morgan fingerprint density at radius 3 is 1.53 bits per heavy atom. The maximum atomic E-state index is 9.95. The summed E-state index contributed by atoms with van der Waals surface area (Å²) in [7, 11) is 0. The summed E-state index contributed by atoms with van der Waals surface area (Å²) < 4.78 is 24.2. The Morgan fingerprint density at radius 2 is 1.06 bits per heavy atom. The number of nitrogens with zero attached hydrogens (tertiary/aromatic N) is 2. The minimum absolute atomic E-state index is 0.329. The molecule has 34 heavy (non-hydrogen) atoms. The molecule has 1 aromatic carbocycles. The Labute approximate surface area is 198 Å². The molecule has 0 aliphatic carbocycles. The molecule has 8 heteroatoms. The lowest BCUT2D eigenvalue weighted by Gasteiger charge is -2.05. The fraction of sp³-hybridized carbons (Fsp3) is 0. The first-order chi connectivity index (χ1) is 16.6. The van der Waals surface area contributed by atoms with E-state index in [4.69, 9.17) is 0 Å². The van der Waals surface area contributed by atoms with Crippen LogP contribution in [0.15, 0.2) is 78.9 Å². The van der Waals surface area contributed by atoms with Gasteiger partial charge in [0.25, 0.3) is 0 Å². The number of H-pyrrole nitrogens is 2. The lowest BCUT2D eigenvalue weighted by atomic mass is 10.3. The highest BCUT2D eigenvalue weighted by Crippen LogP contribution is 2.17. The second-order valence-electron chi connectivity index (χ2n) is 7.51. The highest BCUT2D eigenvalue weighted by atomic mass is 32.2. The van der Waals surface area contributed by atoms with Crippen molar-refractivity contribution in [2.45, 2.75) is 0 Å². The Hall–Kier alpha value is -4.27. The number of fused-ring (bicyclic) bond motifs is 8. The van der Waals surface area contributed by atoms with E-state index in [2.05, 4.69) is 54.5 Å². The molecule has 2 aliphatic rings. The monoisotopic (exact) mass is 467 g/mol. The molecule has 4 aromatic rings. The molecule has 1 atom stereocenters. The number of aromatic amines is 2. The zero-order chi connectivity index (χ0) is 23.3. The first-order valence-corrected chi connectivity index (χ1v) is 11.5. The molecule has 0 fully saturated rings. The van der Waals surface area contributed by atoms with Gasteiger partial charge >= 0.3 is 0 Å². The lowest BCUT2D eigenvalue weighted by molar-refractivity contribution is 0.440. The van der Waals surface area contributed by atoms with E-state index in [1.807, 2.05) is 42.5 Å². The van der Waals surface area contributed by atoms with Crippen molar-refractivity contribution in [3.63, 3.8) is 0 Å². The van der Waals surface area contributed by atoms with Gasteiger partial charge in [-0.3, -0.25) is 0 Å². The Bertz CT molecular complexity index is 1480. The van der Waals surface area contributed by atoms with Crippen LogP contribution in [0.3, 0.4) is 0 Å². The molecular weight excluding hydrogens is 448 g/mol. The summed E-state index contributed by atoms with van der Waals surface area (Å²) in [5.41, 5.74) is 7.86. The van der Waals surface area contributed by atoms with Crippen LogP contribution >= 0.6 is 0 Å². The van der Waals surface area contributed by atoms with E-state index in [1.165, 1.54) is 0 Å². The van der Waals surface area contributed by atoms with Crippen molar-refractivity contribution in [1.29, 1.82) is 0 Å². The van der Waals surface area contributed by atoms with Crippen LogP contribution in [-0.2, 0) is 11.4 Å². The minimum Gasteiger partial charge on any atom is -0.740 e. The van der Waals surface area contributed by atoms with Crippen LogP contribution in [0.4, 0.5) is 0 Å². The molecular formula is C26H19N4O3S-. The third-order valence-electron chi connectivity index (χ3n) is 4.95. The van der Waals surface area contributed by atoms with Gasteiger partial charge in [-0.05, 0) is 85.0 Å². The number of benzene rings is 1. The van der Waals surface area contributed by atoms with Crippen LogP contribution in [-0.4, -0.2) is 28.7 Å². The van der Waals surface area contributed by atoms with Crippen molar-refractivity contribution in [3.8, 4) is 5.75 Å². The maximum Gasteiger partial charge on any atom is 0.139 e. The van der Waals surface area contributed by atoms with E-state index in [0.717, 1.165) is 44.8 Å². The summed E-state index contributed by atoms with van der Waals surface area (Å²) in [6, 6.07) is 24.7. The first kappa shape index (κ1) is 21.6. The zero-order valence-corrected chi connectivity index (χ0v) is 18.7. The van der Waals surface area contributed by atoms with Gasteiger partial charge in [-0.1, -0.05) is 18.2 Å². The van der Waals surface area contributed by atoms with E-state index in [1.54, 1.807) is 30.3 Å². The molecule has 8 bridgehead atoms. The molecule has 2 aliphatic heterocycles. The third kappa shape index (κ3) is 5.55. The van der Waals surface area contributed by atoms with E-state index in [0.29, 0.717) is 5.75 Å². The number of para-hydroxylation sites is 1. The fourth-order valence-electron chi connectivity index (χ4n) is 3.50. The van der Waals surface area contributed by atoms with E-state index < -0.39 is 11.4 Å². The van der Waals surface area contributed by atoms with Crippen LogP contribution in [0.1, 0.15) is 22.8 Å². The Balaban J connectivity index is 0.000000204. The quantitative estimate of drug-likeness (QED) is 0.326. The van der Waals surface area contributed by atoms with E-state index in [-0.39, 0.29) is 0 Å². The fourth-order valence-corrected chi connectivity index (χ4v) is 3.77. The van der Waals surface area contributed by atoms with Crippen molar-refractivity contribution in [2.24, 2.45) is 0 Å². The number of hydrogen-bond donors (Lipinski definition) is 2. The van der Waals surface area contributed by atoms with Crippen molar-refractivity contribution < 1.29 is 12.9 Å². The molecule has 168 valence electrons. The van der Waals surface area contributed by atoms with Gasteiger partial charge in [0.2, 0.25) is 0 Å². The average Bonchev–Trinajstić information content (AvgIpc) is 3.61. The van der Waals surface area contributed by atoms with E-state index in [9.17, 15) is 8.76 Å². The molecule has 7 nitrogen and oxygen atoms in total. The molecule has 3 aromatic heterocycles. The molecule has 1 unspecified atom stereocenters. The molecule has 2 N–H and O–H groups in total. The van der Waals surface area contributed by atoms with Gasteiger partial charge in [-0.25, -0.2) is 14.2 Å². The number of hydrogen-bond acceptors (Lipinski definition) is 5. The third-order valence-corrected chi connectivity index (χ3v) is 5.28. The van der Waals surface area contributed by atoms with Gasteiger partial charge in [-0.2, -0.15) is 0 Å². The standard InChI is InChI=1S/C20H14N4.C6H6O3S/c1-2-14-10-16-5-6-18(23-16)12-20-8-7-19(24-20)11-17-4-3-15(22-17)9-13(1)21-14;7-10(8)9-6-4-2-1-3-5-6/h1-12,21-22H;1-5H,(H,7,8)/p-1. The highest BCUT2D eigenvalue weighted by molar-refractivity contribution is 7.74. The normalized spacial score (nSPS) is 12.6. The Morgan fingerprint density at radius 1 is 0.618 bits per heavy atom. The van der Waals surface area contributed by atoms with Crippen LogP contribution < -0.4 is 4.18 Å². The van der Waals surface area contributed by atoms with Crippen molar-refractivity contribution in [1.82, 2.24) is 19.9 Å². The molecule has 0 saturated heterocycles. The van der Waals surface area contributed by atoms with Crippen molar-refractivity contribution >= 4 is 57.7 Å². The summed E-state index contributed by atoms with van der Waals surface area (Å²) >= 11 is -2.47. The molecule has 5 heterocycles. The maximum absolute atomic E-state index is 9.95. The smallest absolute Gasteiger partial charge is 0.139 e. The molecule has 0 spiro atoms. The summed E-state index contributed by atoms with van der Waals surface area (Å²) in [6.07, 6.45) is 8.05. The van der Waals surface area contributed by atoms with E-state index >= 15 is 0 Å².